The maximum atomic E-state index is 12.6. The van der Waals surface area contributed by atoms with Crippen LogP contribution in [0.1, 0.15) is 24.4 Å². The molecule has 5 nitrogen and oxygen atoms in total. The van der Waals surface area contributed by atoms with Crippen LogP contribution in [0.15, 0.2) is 54.6 Å². The first-order chi connectivity index (χ1) is 12.1. The van der Waals surface area contributed by atoms with Gasteiger partial charge in [0.05, 0.1) is 10.7 Å². The van der Waals surface area contributed by atoms with Gasteiger partial charge in [-0.1, -0.05) is 54.1 Å². The maximum Gasteiger partial charge on any atom is 0.249 e. The average Bonchev–Trinajstić information content (AvgIpc) is 2.96. The number of benzene rings is 2. The van der Waals surface area contributed by atoms with Crippen LogP contribution in [0, 0.1) is 0 Å². The number of halogens is 1. The normalized spacial score (nSPS) is 18.2. The van der Waals surface area contributed by atoms with Gasteiger partial charge in [-0.15, -0.1) is 0 Å². The molecule has 0 radical (unpaired) electrons. The molecule has 3 N–H and O–H groups in total. The Kier molecular flexibility index (Phi) is 5.36. The molecule has 1 aliphatic heterocycles. The molecule has 2 amide bonds. The third-order valence-electron chi connectivity index (χ3n) is 4.32. The zero-order valence-corrected chi connectivity index (χ0v) is 14.4. The third-order valence-corrected chi connectivity index (χ3v) is 4.64. The minimum atomic E-state index is -0.535. The first-order valence-electron chi connectivity index (χ1n) is 8.22. The highest BCUT2D eigenvalue weighted by Gasteiger charge is 2.34. The summed E-state index contributed by atoms with van der Waals surface area (Å²) in [5.74, 6) is -0.370. The Morgan fingerprint density at radius 2 is 1.88 bits per heavy atom. The minimum absolute atomic E-state index is 0.139. The molecule has 6 heteroatoms. The van der Waals surface area contributed by atoms with Gasteiger partial charge in [0.15, 0.2) is 0 Å². The number of nitrogens with two attached hydrogens (primary N) is 1. The molecule has 0 aromatic heterocycles. The van der Waals surface area contributed by atoms with Gasteiger partial charge in [0, 0.05) is 19.0 Å². The largest absolute Gasteiger partial charge is 0.344 e. The molecule has 2 unspecified atom stereocenters. The summed E-state index contributed by atoms with van der Waals surface area (Å²) in [5, 5.41) is 3.32. The van der Waals surface area contributed by atoms with Crippen molar-refractivity contribution in [2.45, 2.75) is 24.9 Å². The van der Waals surface area contributed by atoms with Gasteiger partial charge >= 0.3 is 0 Å². The van der Waals surface area contributed by atoms with E-state index in [1.165, 1.54) is 0 Å². The molecule has 1 heterocycles. The van der Waals surface area contributed by atoms with E-state index in [1.807, 2.05) is 42.5 Å². The molecule has 3 rings (SSSR count). The summed E-state index contributed by atoms with van der Waals surface area (Å²) in [6.45, 7) is 0.526. The van der Waals surface area contributed by atoms with Gasteiger partial charge in [0.2, 0.25) is 11.8 Å². The van der Waals surface area contributed by atoms with Crippen LogP contribution >= 0.6 is 11.6 Å². The van der Waals surface area contributed by atoms with Crippen molar-refractivity contribution in [2.75, 3.05) is 11.4 Å². The van der Waals surface area contributed by atoms with Crippen molar-refractivity contribution in [3.63, 3.8) is 0 Å². The van der Waals surface area contributed by atoms with Crippen molar-refractivity contribution < 1.29 is 9.59 Å². The highest BCUT2D eigenvalue weighted by atomic mass is 35.5. The quantitative estimate of drug-likeness (QED) is 0.863. The van der Waals surface area contributed by atoms with E-state index in [4.69, 9.17) is 17.3 Å². The Morgan fingerprint density at radius 1 is 1.20 bits per heavy atom. The Hall–Kier alpha value is -2.37. The lowest BCUT2D eigenvalue weighted by atomic mass is 10.0. The Labute approximate surface area is 151 Å². The molecule has 1 fully saturated rings. The van der Waals surface area contributed by atoms with Gasteiger partial charge in [-0.3, -0.25) is 9.59 Å². The summed E-state index contributed by atoms with van der Waals surface area (Å²) in [6, 6.07) is 15.7. The van der Waals surface area contributed by atoms with E-state index >= 15 is 0 Å². The standard InChI is InChI=1S/C19H20ClN3O2/c20-14-8-4-5-9-17(14)23-11-10-16(19(23)25)22-18(24)12-15(21)13-6-2-1-3-7-13/h1-9,15-16H,10-12,21H2,(H,22,24). The van der Waals surface area contributed by atoms with Crippen molar-refractivity contribution in [1.82, 2.24) is 5.32 Å². The number of amides is 2. The molecule has 1 saturated heterocycles. The van der Waals surface area contributed by atoms with E-state index in [0.717, 1.165) is 5.56 Å². The van der Waals surface area contributed by atoms with Crippen molar-refractivity contribution in [3.05, 3.63) is 65.2 Å². The fourth-order valence-corrected chi connectivity index (χ4v) is 3.23. The number of carbonyl (C=O) groups excluding carboxylic acids is 2. The summed E-state index contributed by atoms with van der Waals surface area (Å²) < 4.78 is 0. The van der Waals surface area contributed by atoms with Crippen LogP contribution in [0.25, 0.3) is 0 Å². The van der Waals surface area contributed by atoms with Gasteiger partial charge in [-0.05, 0) is 24.1 Å². The predicted octanol–water partition coefficient (Wildman–Crippen LogP) is 2.65. The fourth-order valence-electron chi connectivity index (χ4n) is 2.99. The number of para-hydroxylation sites is 1. The van der Waals surface area contributed by atoms with Gasteiger partial charge in [0.25, 0.3) is 0 Å². The van der Waals surface area contributed by atoms with E-state index in [2.05, 4.69) is 5.32 Å². The Balaban J connectivity index is 1.59. The molecule has 2 aromatic rings. The minimum Gasteiger partial charge on any atom is -0.344 e. The van der Waals surface area contributed by atoms with Gasteiger partial charge in [-0.25, -0.2) is 0 Å². The molecule has 2 aromatic carbocycles. The van der Waals surface area contributed by atoms with Gasteiger partial charge < -0.3 is 16.0 Å². The molecular formula is C19H20ClN3O2. The summed E-state index contributed by atoms with van der Waals surface area (Å²) >= 11 is 6.16. The smallest absolute Gasteiger partial charge is 0.249 e. The van der Waals surface area contributed by atoms with Crippen LogP contribution in [-0.2, 0) is 9.59 Å². The van der Waals surface area contributed by atoms with Crippen LogP contribution in [0.4, 0.5) is 5.69 Å². The Morgan fingerprint density at radius 3 is 2.60 bits per heavy atom. The lowest BCUT2D eigenvalue weighted by molar-refractivity contribution is -0.126. The zero-order chi connectivity index (χ0) is 17.8. The molecule has 0 bridgehead atoms. The third kappa shape index (κ3) is 4.00. The molecule has 2 atom stereocenters. The first kappa shape index (κ1) is 17.5. The molecule has 0 aliphatic carbocycles. The second kappa shape index (κ2) is 7.68. The van der Waals surface area contributed by atoms with Crippen LogP contribution in [-0.4, -0.2) is 24.4 Å². The van der Waals surface area contributed by atoms with E-state index in [0.29, 0.717) is 23.7 Å². The molecule has 25 heavy (non-hydrogen) atoms. The summed E-state index contributed by atoms with van der Waals surface area (Å²) in [6.07, 6.45) is 0.691. The molecule has 0 saturated carbocycles. The lowest BCUT2D eigenvalue weighted by Gasteiger charge is -2.19. The van der Waals surface area contributed by atoms with Crippen LogP contribution in [0.3, 0.4) is 0 Å². The molecular weight excluding hydrogens is 338 g/mol. The second-order valence-electron chi connectivity index (χ2n) is 6.07. The monoisotopic (exact) mass is 357 g/mol. The number of rotatable bonds is 5. The SMILES string of the molecule is NC(CC(=O)NC1CCN(c2ccccc2Cl)C1=O)c1ccccc1. The summed E-state index contributed by atoms with van der Waals surface area (Å²) in [5.41, 5.74) is 7.64. The number of nitrogens with one attached hydrogen (secondary N) is 1. The summed E-state index contributed by atoms with van der Waals surface area (Å²) in [7, 11) is 0. The first-order valence-corrected chi connectivity index (χ1v) is 8.60. The predicted molar refractivity (Wildman–Crippen MR) is 98.3 cm³/mol. The number of hydrogen-bond donors (Lipinski definition) is 2. The number of nitrogens with zero attached hydrogens (tertiary/aromatic N) is 1. The molecule has 130 valence electrons. The van der Waals surface area contributed by atoms with Crippen molar-refractivity contribution >= 4 is 29.1 Å². The van der Waals surface area contributed by atoms with Crippen LogP contribution in [0.2, 0.25) is 5.02 Å². The van der Waals surface area contributed by atoms with E-state index in [1.54, 1.807) is 17.0 Å². The van der Waals surface area contributed by atoms with E-state index in [9.17, 15) is 9.59 Å². The van der Waals surface area contributed by atoms with Crippen molar-refractivity contribution in [3.8, 4) is 0 Å². The number of carbonyl (C=O) groups is 2. The number of anilines is 1. The lowest BCUT2D eigenvalue weighted by Crippen LogP contribution is -2.42. The van der Waals surface area contributed by atoms with Gasteiger partial charge in [0.1, 0.15) is 6.04 Å². The average molecular weight is 358 g/mol. The highest BCUT2D eigenvalue weighted by molar-refractivity contribution is 6.34. The van der Waals surface area contributed by atoms with Gasteiger partial charge in [-0.2, -0.15) is 0 Å². The second-order valence-corrected chi connectivity index (χ2v) is 6.48. The highest BCUT2D eigenvalue weighted by Crippen LogP contribution is 2.29. The van der Waals surface area contributed by atoms with Crippen molar-refractivity contribution in [2.24, 2.45) is 5.73 Å². The van der Waals surface area contributed by atoms with E-state index in [-0.39, 0.29) is 18.2 Å². The van der Waals surface area contributed by atoms with Crippen LogP contribution in [0.5, 0.6) is 0 Å². The topological polar surface area (TPSA) is 75.4 Å². The number of hydrogen-bond acceptors (Lipinski definition) is 3. The molecule has 1 aliphatic rings. The molecule has 0 spiro atoms. The fraction of sp³-hybridized carbons (Fsp3) is 0.263. The summed E-state index contributed by atoms with van der Waals surface area (Å²) in [4.78, 5) is 26.4. The Bertz CT molecular complexity index is 766. The van der Waals surface area contributed by atoms with Crippen LogP contribution < -0.4 is 16.0 Å². The van der Waals surface area contributed by atoms with Crippen molar-refractivity contribution in [1.29, 1.82) is 0 Å². The van der Waals surface area contributed by atoms with E-state index < -0.39 is 12.1 Å². The zero-order valence-electron chi connectivity index (χ0n) is 13.7. The maximum absolute atomic E-state index is 12.6.